The van der Waals surface area contributed by atoms with E-state index in [1.54, 1.807) is 15.8 Å². The van der Waals surface area contributed by atoms with Gasteiger partial charge in [0.25, 0.3) is 0 Å². The molecule has 19 heavy (non-hydrogen) atoms. The molecular weight excluding hydrogens is 260 g/mol. The normalized spacial score (nSPS) is 10.4. The molecule has 1 amide bonds. The number of carbonyl (C=O) groups is 1. The Morgan fingerprint density at radius 1 is 1.37 bits per heavy atom. The Bertz CT molecular complexity index is 541. The van der Waals surface area contributed by atoms with Crippen LogP contribution < -0.4 is 4.90 Å². The van der Waals surface area contributed by atoms with E-state index in [4.69, 9.17) is 0 Å². The van der Waals surface area contributed by atoms with Gasteiger partial charge in [-0.1, -0.05) is 30.0 Å². The number of aromatic nitrogens is 3. The van der Waals surface area contributed by atoms with Crippen LogP contribution in [-0.4, -0.2) is 33.0 Å². The van der Waals surface area contributed by atoms with E-state index in [1.165, 1.54) is 11.8 Å². The maximum atomic E-state index is 12.2. The molecule has 0 N–H and O–H groups in total. The van der Waals surface area contributed by atoms with E-state index in [2.05, 4.69) is 10.2 Å². The number of nitrogens with zero attached hydrogens (tertiary/aromatic N) is 4. The summed E-state index contributed by atoms with van der Waals surface area (Å²) in [5.74, 6) is 0.427. The monoisotopic (exact) mass is 276 g/mol. The van der Waals surface area contributed by atoms with Crippen molar-refractivity contribution in [2.45, 2.75) is 12.1 Å². The summed E-state index contributed by atoms with van der Waals surface area (Å²) in [7, 11) is 1.86. The van der Waals surface area contributed by atoms with Gasteiger partial charge in [-0.25, -0.2) is 0 Å². The molecule has 0 aliphatic rings. The number of anilines is 1. The number of thioether (sulfide) groups is 1. The summed E-state index contributed by atoms with van der Waals surface area (Å²) in [6, 6.07) is 9.68. The Kier molecular flexibility index (Phi) is 4.57. The van der Waals surface area contributed by atoms with E-state index in [-0.39, 0.29) is 5.91 Å². The molecule has 2 aromatic rings. The minimum atomic E-state index is 0.0710. The fourth-order valence-corrected chi connectivity index (χ4v) is 2.48. The lowest BCUT2D eigenvalue weighted by atomic mass is 10.3. The SMILES string of the molecule is CCN(C(=O)CSc1nncn1C)c1ccccc1. The van der Waals surface area contributed by atoms with Crippen LogP contribution in [0.2, 0.25) is 0 Å². The first-order valence-electron chi connectivity index (χ1n) is 6.04. The largest absolute Gasteiger partial charge is 0.312 e. The first-order chi connectivity index (χ1) is 9.22. The molecule has 1 heterocycles. The molecule has 0 fully saturated rings. The van der Waals surface area contributed by atoms with E-state index in [1.807, 2.05) is 44.3 Å². The summed E-state index contributed by atoms with van der Waals surface area (Å²) >= 11 is 1.40. The quantitative estimate of drug-likeness (QED) is 0.783. The van der Waals surface area contributed by atoms with Gasteiger partial charge in [0.15, 0.2) is 5.16 Å². The van der Waals surface area contributed by atoms with Gasteiger partial charge in [0.05, 0.1) is 5.75 Å². The molecule has 1 aromatic heterocycles. The van der Waals surface area contributed by atoms with Gasteiger partial charge in [-0.15, -0.1) is 10.2 Å². The first-order valence-corrected chi connectivity index (χ1v) is 7.03. The van der Waals surface area contributed by atoms with Crippen LogP contribution in [0.5, 0.6) is 0 Å². The molecule has 6 heteroatoms. The molecule has 2 rings (SSSR count). The lowest BCUT2D eigenvalue weighted by molar-refractivity contribution is -0.116. The number of rotatable bonds is 5. The molecule has 0 radical (unpaired) electrons. The number of benzene rings is 1. The van der Waals surface area contributed by atoms with E-state index in [0.29, 0.717) is 12.3 Å². The maximum absolute atomic E-state index is 12.2. The second-order valence-corrected chi connectivity index (χ2v) is 4.93. The third-order valence-corrected chi connectivity index (χ3v) is 3.70. The van der Waals surface area contributed by atoms with Crippen molar-refractivity contribution in [2.24, 2.45) is 7.05 Å². The molecule has 0 aliphatic heterocycles. The fraction of sp³-hybridized carbons (Fsp3) is 0.308. The van der Waals surface area contributed by atoms with Gasteiger partial charge in [-0.2, -0.15) is 0 Å². The maximum Gasteiger partial charge on any atom is 0.237 e. The van der Waals surface area contributed by atoms with Crippen molar-refractivity contribution in [1.82, 2.24) is 14.8 Å². The molecule has 0 aliphatic carbocycles. The standard InChI is InChI=1S/C13H16N4OS/c1-3-17(11-7-5-4-6-8-11)12(18)9-19-13-15-14-10-16(13)2/h4-8,10H,3,9H2,1-2H3. The number of carbonyl (C=O) groups excluding carboxylic acids is 1. The van der Waals surface area contributed by atoms with E-state index < -0.39 is 0 Å². The summed E-state index contributed by atoms with van der Waals surface area (Å²) in [5, 5.41) is 8.49. The second-order valence-electron chi connectivity index (χ2n) is 3.99. The van der Waals surface area contributed by atoms with Gasteiger partial charge < -0.3 is 9.47 Å². The average Bonchev–Trinajstić information content (AvgIpc) is 2.84. The lowest BCUT2D eigenvalue weighted by Crippen LogP contribution is -2.32. The molecule has 0 atom stereocenters. The molecule has 0 unspecified atom stereocenters. The minimum Gasteiger partial charge on any atom is -0.312 e. The van der Waals surface area contributed by atoms with Gasteiger partial charge in [0.1, 0.15) is 6.33 Å². The Morgan fingerprint density at radius 2 is 2.11 bits per heavy atom. The van der Waals surface area contributed by atoms with Crippen molar-refractivity contribution in [3.8, 4) is 0 Å². The van der Waals surface area contributed by atoms with Gasteiger partial charge in [0.2, 0.25) is 5.91 Å². The van der Waals surface area contributed by atoms with Crippen molar-refractivity contribution >= 4 is 23.4 Å². The van der Waals surface area contributed by atoms with Gasteiger partial charge in [-0.05, 0) is 19.1 Å². The zero-order chi connectivity index (χ0) is 13.7. The average molecular weight is 276 g/mol. The first kappa shape index (κ1) is 13.6. The second kappa shape index (κ2) is 6.38. The van der Waals surface area contributed by atoms with Crippen molar-refractivity contribution in [1.29, 1.82) is 0 Å². The highest BCUT2D eigenvalue weighted by Crippen LogP contribution is 2.18. The van der Waals surface area contributed by atoms with Gasteiger partial charge in [-0.3, -0.25) is 4.79 Å². The van der Waals surface area contributed by atoms with E-state index >= 15 is 0 Å². The predicted octanol–water partition coefficient (Wildman–Crippen LogP) is 1.96. The van der Waals surface area contributed by atoms with Crippen molar-refractivity contribution < 1.29 is 4.79 Å². The number of hydrogen-bond acceptors (Lipinski definition) is 4. The third kappa shape index (κ3) is 3.35. The molecule has 0 saturated heterocycles. The van der Waals surface area contributed by atoms with Gasteiger partial charge >= 0.3 is 0 Å². The van der Waals surface area contributed by atoms with Crippen LogP contribution in [0.4, 0.5) is 5.69 Å². The Hall–Kier alpha value is -1.82. The van der Waals surface area contributed by atoms with Crippen LogP contribution in [0.3, 0.4) is 0 Å². The molecule has 100 valence electrons. The van der Waals surface area contributed by atoms with Crippen LogP contribution in [0.15, 0.2) is 41.8 Å². The van der Waals surface area contributed by atoms with Crippen LogP contribution >= 0.6 is 11.8 Å². The number of para-hydroxylation sites is 1. The molecular formula is C13H16N4OS. The van der Waals surface area contributed by atoms with Gasteiger partial charge in [0, 0.05) is 19.3 Å². The topological polar surface area (TPSA) is 51.0 Å². The molecule has 5 nitrogen and oxygen atoms in total. The fourth-order valence-electron chi connectivity index (χ4n) is 1.72. The third-order valence-electron chi connectivity index (χ3n) is 2.68. The minimum absolute atomic E-state index is 0.0710. The van der Waals surface area contributed by atoms with Crippen LogP contribution in [0.25, 0.3) is 0 Å². The summed E-state index contributed by atoms with van der Waals surface area (Å²) in [4.78, 5) is 14.0. The highest BCUT2D eigenvalue weighted by Gasteiger charge is 2.15. The predicted molar refractivity (Wildman–Crippen MR) is 76.2 cm³/mol. The zero-order valence-corrected chi connectivity index (χ0v) is 11.8. The summed E-state index contributed by atoms with van der Waals surface area (Å²) in [6.07, 6.45) is 1.63. The van der Waals surface area contributed by atoms with Crippen molar-refractivity contribution in [3.05, 3.63) is 36.7 Å². The smallest absolute Gasteiger partial charge is 0.237 e. The van der Waals surface area contributed by atoms with E-state index in [9.17, 15) is 4.79 Å². The molecule has 0 saturated carbocycles. The summed E-state index contributed by atoms with van der Waals surface area (Å²) in [6.45, 7) is 2.63. The molecule has 1 aromatic carbocycles. The summed E-state index contributed by atoms with van der Waals surface area (Å²) < 4.78 is 1.80. The molecule has 0 spiro atoms. The highest BCUT2D eigenvalue weighted by molar-refractivity contribution is 7.99. The van der Waals surface area contributed by atoms with Crippen LogP contribution in [-0.2, 0) is 11.8 Å². The highest BCUT2D eigenvalue weighted by atomic mass is 32.2. The van der Waals surface area contributed by atoms with Crippen LogP contribution in [0.1, 0.15) is 6.92 Å². The van der Waals surface area contributed by atoms with E-state index in [0.717, 1.165) is 10.8 Å². The Morgan fingerprint density at radius 3 is 2.68 bits per heavy atom. The van der Waals surface area contributed by atoms with Crippen molar-refractivity contribution in [2.75, 3.05) is 17.2 Å². The van der Waals surface area contributed by atoms with Crippen molar-refractivity contribution in [3.63, 3.8) is 0 Å². The zero-order valence-electron chi connectivity index (χ0n) is 11.0. The number of amides is 1. The van der Waals surface area contributed by atoms with Crippen LogP contribution in [0, 0.1) is 0 Å². The number of aryl methyl sites for hydroxylation is 1. The Balaban J connectivity index is 2.00. The lowest BCUT2D eigenvalue weighted by Gasteiger charge is -2.20. The Labute approximate surface area is 116 Å². The molecule has 0 bridgehead atoms. The summed E-state index contributed by atoms with van der Waals surface area (Å²) in [5.41, 5.74) is 0.925. The number of hydrogen-bond donors (Lipinski definition) is 0.